The number of aliphatic hydroxyl groups excluding tert-OH is 1. The molecule has 2 aromatic rings. The van der Waals surface area contributed by atoms with Crippen molar-refractivity contribution in [2.75, 3.05) is 0 Å². The van der Waals surface area contributed by atoms with Crippen molar-refractivity contribution < 1.29 is 39.3 Å². The van der Waals surface area contributed by atoms with Crippen LogP contribution in [0.4, 0.5) is 0 Å². The molecule has 0 radical (unpaired) electrons. The molecule has 0 aliphatic carbocycles. The third-order valence-corrected chi connectivity index (χ3v) is 5.31. The summed E-state index contributed by atoms with van der Waals surface area (Å²) >= 11 is 0. The molecule has 0 saturated heterocycles. The molecule has 2 rings (SSSR count). The van der Waals surface area contributed by atoms with Gasteiger partial charge in [-0.2, -0.15) is 0 Å². The average Bonchev–Trinajstić information content (AvgIpc) is 3.54. The van der Waals surface area contributed by atoms with Crippen molar-refractivity contribution in [2.24, 2.45) is 5.73 Å². The average molecular weight is 523 g/mol. The standard InChI is InChI=1S/C21H30N8O8/c1-10(30)17(22)20(35)28-14(4-11-6-23-8-25-11)19(34)27-13(2-3-16(31)32)18(33)29-15(21(36)37)5-12-7-24-9-26-12/h6-10,13-15,17,30H,2-5,22H2,1H3,(H,23,25)(H,24,26)(H,27,34)(H,28,35)(H,29,33)(H,31,32)(H,36,37). The van der Waals surface area contributed by atoms with E-state index in [4.69, 9.17) is 10.8 Å². The third-order valence-electron chi connectivity index (χ3n) is 5.31. The van der Waals surface area contributed by atoms with Crippen LogP contribution in [0.3, 0.4) is 0 Å². The highest BCUT2D eigenvalue weighted by molar-refractivity contribution is 5.94. The number of hydrogen-bond acceptors (Lipinski definition) is 9. The predicted octanol–water partition coefficient (Wildman–Crippen LogP) is -2.97. The zero-order chi connectivity index (χ0) is 27.5. The number of rotatable bonds is 15. The first-order chi connectivity index (χ1) is 17.5. The number of aromatic amines is 2. The molecule has 5 atom stereocenters. The maximum atomic E-state index is 13.1. The van der Waals surface area contributed by atoms with Gasteiger partial charge >= 0.3 is 11.9 Å². The lowest BCUT2D eigenvalue weighted by Crippen LogP contribution is -2.58. The van der Waals surface area contributed by atoms with E-state index in [0.29, 0.717) is 11.4 Å². The van der Waals surface area contributed by atoms with E-state index in [0.717, 1.165) is 0 Å². The lowest BCUT2D eigenvalue weighted by Gasteiger charge is -2.25. The van der Waals surface area contributed by atoms with E-state index in [1.807, 2.05) is 0 Å². The number of carboxylic acid groups (broad SMARTS) is 2. The van der Waals surface area contributed by atoms with Crippen LogP contribution >= 0.6 is 0 Å². The van der Waals surface area contributed by atoms with Gasteiger partial charge in [-0.05, 0) is 13.3 Å². The molecule has 2 aromatic heterocycles. The Bertz CT molecular complexity index is 1060. The second-order valence-corrected chi connectivity index (χ2v) is 8.28. The quantitative estimate of drug-likeness (QED) is 0.114. The monoisotopic (exact) mass is 522 g/mol. The van der Waals surface area contributed by atoms with Gasteiger partial charge < -0.3 is 47.0 Å². The van der Waals surface area contributed by atoms with Crippen LogP contribution in [0.1, 0.15) is 31.2 Å². The number of amides is 3. The summed E-state index contributed by atoms with van der Waals surface area (Å²) in [5.41, 5.74) is 6.52. The maximum absolute atomic E-state index is 13.1. The van der Waals surface area contributed by atoms with Gasteiger partial charge in [0.15, 0.2) is 0 Å². The number of aliphatic hydroxyl groups is 1. The van der Waals surface area contributed by atoms with E-state index >= 15 is 0 Å². The molecule has 2 heterocycles. The van der Waals surface area contributed by atoms with E-state index < -0.39 is 66.4 Å². The molecule has 0 spiro atoms. The smallest absolute Gasteiger partial charge is 0.326 e. The van der Waals surface area contributed by atoms with Crippen LogP contribution in [0.5, 0.6) is 0 Å². The van der Waals surface area contributed by atoms with Gasteiger partial charge in [0.1, 0.15) is 24.2 Å². The first-order valence-electron chi connectivity index (χ1n) is 11.2. The number of carbonyl (C=O) groups excluding carboxylic acids is 3. The summed E-state index contributed by atoms with van der Waals surface area (Å²) in [4.78, 5) is 74.4. The van der Waals surface area contributed by atoms with Crippen molar-refractivity contribution in [1.82, 2.24) is 35.9 Å². The van der Waals surface area contributed by atoms with E-state index in [1.165, 1.54) is 32.0 Å². The number of aliphatic carboxylic acids is 2. The van der Waals surface area contributed by atoms with Crippen LogP contribution < -0.4 is 21.7 Å². The Balaban J connectivity index is 2.20. The van der Waals surface area contributed by atoms with Crippen LogP contribution in [0.25, 0.3) is 0 Å². The molecule has 0 bridgehead atoms. The van der Waals surface area contributed by atoms with Gasteiger partial charge in [-0.25, -0.2) is 14.8 Å². The lowest BCUT2D eigenvalue weighted by molar-refractivity contribution is -0.143. The number of nitrogens with zero attached hydrogens (tertiary/aromatic N) is 2. The highest BCUT2D eigenvalue weighted by Crippen LogP contribution is 2.06. The van der Waals surface area contributed by atoms with Crippen LogP contribution in [-0.2, 0) is 36.8 Å². The van der Waals surface area contributed by atoms with Gasteiger partial charge in [-0.3, -0.25) is 19.2 Å². The minimum Gasteiger partial charge on any atom is -0.481 e. The van der Waals surface area contributed by atoms with Crippen LogP contribution in [0, 0.1) is 0 Å². The van der Waals surface area contributed by atoms with Crippen LogP contribution in [0.15, 0.2) is 25.0 Å². The Kier molecular flexibility index (Phi) is 10.7. The first-order valence-corrected chi connectivity index (χ1v) is 11.2. The zero-order valence-electron chi connectivity index (χ0n) is 19.9. The molecule has 0 saturated carbocycles. The van der Waals surface area contributed by atoms with Crippen molar-refractivity contribution in [1.29, 1.82) is 0 Å². The number of nitrogens with one attached hydrogen (secondary N) is 5. The summed E-state index contributed by atoms with van der Waals surface area (Å²) in [5.74, 6) is -5.25. The van der Waals surface area contributed by atoms with Crippen molar-refractivity contribution in [3.05, 3.63) is 36.4 Å². The maximum Gasteiger partial charge on any atom is 0.326 e. The molecule has 37 heavy (non-hydrogen) atoms. The Labute approximate surface area is 210 Å². The molecular weight excluding hydrogens is 492 g/mol. The molecular formula is C21H30N8O8. The van der Waals surface area contributed by atoms with Gasteiger partial charge in [0, 0.05) is 43.0 Å². The molecule has 0 aliphatic heterocycles. The topological polar surface area (TPSA) is 266 Å². The van der Waals surface area contributed by atoms with E-state index in [9.17, 15) is 34.2 Å². The summed E-state index contributed by atoms with van der Waals surface area (Å²) in [6.07, 6.45) is 3.14. The number of aromatic nitrogens is 4. The minimum atomic E-state index is -1.45. The normalized spacial score (nSPS) is 15.0. The molecule has 0 aromatic carbocycles. The SMILES string of the molecule is CC(O)C(N)C(=O)NC(Cc1cnc[nH]1)C(=O)NC(CCC(=O)O)C(=O)NC(Cc1cnc[nH]1)C(=O)O. The summed E-state index contributed by atoms with van der Waals surface area (Å²) in [6.45, 7) is 1.29. The zero-order valence-corrected chi connectivity index (χ0v) is 19.9. The fourth-order valence-corrected chi connectivity index (χ4v) is 3.21. The third kappa shape index (κ3) is 9.34. The summed E-state index contributed by atoms with van der Waals surface area (Å²) in [5, 5.41) is 35.3. The number of H-pyrrole nitrogens is 2. The van der Waals surface area contributed by atoms with Gasteiger partial charge in [-0.1, -0.05) is 0 Å². The number of carbonyl (C=O) groups is 5. The van der Waals surface area contributed by atoms with Crippen molar-refractivity contribution >= 4 is 29.7 Å². The number of nitrogens with two attached hydrogens (primary N) is 1. The molecule has 10 N–H and O–H groups in total. The minimum absolute atomic E-state index is 0.102. The van der Waals surface area contributed by atoms with Crippen molar-refractivity contribution in [2.45, 2.75) is 62.9 Å². The Morgan fingerprint density at radius 2 is 1.35 bits per heavy atom. The second-order valence-electron chi connectivity index (χ2n) is 8.28. The number of carboxylic acids is 2. The second kappa shape index (κ2) is 13.7. The molecule has 202 valence electrons. The van der Waals surface area contributed by atoms with E-state index in [1.54, 1.807) is 0 Å². The van der Waals surface area contributed by atoms with Crippen molar-refractivity contribution in [3.63, 3.8) is 0 Å². The van der Waals surface area contributed by atoms with E-state index in [2.05, 4.69) is 35.9 Å². The number of hydrogen-bond donors (Lipinski definition) is 9. The van der Waals surface area contributed by atoms with Crippen LogP contribution in [-0.4, -0.2) is 95.2 Å². The van der Waals surface area contributed by atoms with Crippen LogP contribution in [0.2, 0.25) is 0 Å². The van der Waals surface area contributed by atoms with Crippen molar-refractivity contribution in [3.8, 4) is 0 Å². The molecule has 16 nitrogen and oxygen atoms in total. The summed E-state index contributed by atoms with van der Waals surface area (Å²) in [6, 6.07) is -5.49. The van der Waals surface area contributed by atoms with Gasteiger partial charge in [0.2, 0.25) is 17.7 Å². The van der Waals surface area contributed by atoms with Gasteiger partial charge in [-0.15, -0.1) is 0 Å². The lowest BCUT2D eigenvalue weighted by atomic mass is 10.1. The molecule has 5 unspecified atom stereocenters. The molecule has 0 fully saturated rings. The fraction of sp³-hybridized carbons (Fsp3) is 0.476. The highest BCUT2D eigenvalue weighted by Gasteiger charge is 2.31. The Morgan fingerprint density at radius 3 is 1.81 bits per heavy atom. The predicted molar refractivity (Wildman–Crippen MR) is 125 cm³/mol. The van der Waals surface area contributed by atoms with Gasteiger partial charge in [0.05, 0.1) is 18.8 Å². The molecule has 0 aliphatic rings. The fourth-order valence-electron chi connectivity index (χ4n) is 3.21. The Hall–Kier alpha value is -4.31. The largest absolute Gasteiger partial charge is 0.481 e. The van der Waals surface area contributed by atoms with Gasteiger partial charge in [0.25, 0.3) is 0 Å². The highest BCUT2D eigenvalue weighted by atomic mass is 16.4. The molecule has 16 heteroatoms. The van der Waals surface area contributed by atoms with E-state index in [-0.39, 0.29) is 19.3 Å². The Morgan fingerprint density at radius 1 is 0.865 bits per heavy atom. The summed E-state index contributed by atoms with van der Waals surface area (Å²) < 4.78 is 0. The first kappa shape index (κ1) is 28.9. The molecule has 3 amide bonds. The summed E-state index contributed by atoms with van der Waals surface area (Å²) in [7, 11) is 0. The number of imidazole rings is 2.